The molecule has 0 aromatic heterocycles. The SMILES string of the molecule is CC(CN(C)C(=O)NCC(c1ccccc1)C(F)(F)F)C(=O)O. The van der Waals surface area contributed by atoms with Gasteiger partial charge < -0.3 is 15.3 Å². The summed E-state index contributed by atoms with van der Waals surface area (Å²) < 4.78 is 39.4. The number of nitrogens with zero attached hydrogens (tertiary/aromatic N) is 1. The maximum Gasteiger partial charge on any atom is 0.397 e. The van der Waals surface area contributed by atoms with Gasteiger partial charge in [-0.1, -0.05) is 37.3 Å². The van der Waals surface area contributed by atoms with E-state index < -0.39 is 36.6 Å². The van der Waals surface area contributed by atoms with Crippen LogP contribution in [0.25, 0.3) is 0 Å². The topological polar surface area (TPSA) is 69.6 Å². The number of benzene rings is 1. The molecule has 8 heteroatoms. The van der Waals surface area contributed by atoms with Crippen LogP contribution in [0.1, 0.15) is 18.4 Å². The van der Waals surface area contributed by atoms with Crippen LogP contribution < -0.4 is 5.32 Å². The lowest BCUT2D eigenvalue weighted by molar-refractivity contribution is -0.149. The van der Waals surface area contributed by atoms with Gasteiger partial charge in [0.1, 0.15) is 0 Å². The maximum atomic E-state index is 13.1. The summed E-state index contributed by atoms with van der Waals surface area (Å²) in [6.45, 7) is 0.704. The third kappa shape index (κ3) is 5.80. The van der Waals surface area contributed by atoms with Gasteiger partial charge in [0.25, 0.3) is 0 Å². The molecule has 0 radical (unpaired) electrons. The van der Waals surface area contributed by atoms with Gasteiger partial charge in [0.2, 0.25) is 0 Å². The van der Waals surface area contributed by atoms with E-state index in [1.807, 2.05) is 0 Å². The van der Waals surface area contributed by atoms with E-state index >= 15 is 0 Å². The van der Waals surface area contributed by atoms with Gasteiger partial charge in [-0.25, -0.2) is 4.79 Å². The van der Waals surface area contributed by atoms with Gasteiger partial charge >= 0.3 is 18.2 Å². The fourth-order valence-corrected chi connectivity index (χ4v) is 2.00. The van der Waals surface area contributed by atoms with Crippen molar-refractivity contribution in [1.82, 2.24) is 10.2 Å². The number of halogens is 3. The van der Waals surface area contributed by atoms with Crippen molar-refractivity contribution in [3.8, 4) is 0 Å². The second-order valence-corrected chi connectivity index (χ2v) is 5.31. The summed E-state index contributed by atoms with van der Waals surface area (Å²) in [5, 5.41) is 11.0. The zero-order chi connectivity index (χ0) is 17.6. The number of amides is 2. The molecule has 2 N–H and O–H groups in total. The molecule has 0 spiro atoms. The highest BCUT2D eigenvalue weighted by atomic mass is 19.4. The average molecular weight is 332 g/mol. The Labute approximate surface area is 132 Å². The molecule has 0 aliphatic carbocycles. The van der Waals surface area contributed by atoms with E-state index in [4.69, 9.17) is 5.11 Å². The Morgan fingerprint density at radius 2 is 1.83 bits per heavy atom. The van der Waals surface area contributed by atoms with Crippen LogP contribution in [0.15, 0.2) is 30.3 Å². The Balaban J connectivity index is 2.68. The largest absolute Gasteiger partial charge is 0.481 e. The normalized spacial score (nSPS) is 14.0. The van der Waals surface area contributed by atoms with Crippen LogP contribution in [-0.2, 0) is 4.79 Å². The number of carbonyl (C=O) groups is 2. The number of hydrogen-bond donors (Lipinski definition) is 2. The summed E-state index contributed by atoms with van der Waals surface area (Å²) in [7, 11) is 1.33. The standard InChI is InChI=1S/C15H19F3N2O3/c1-10(13(21)22)9-20(2)14(23)19-8-12(15(16,17)18)11-6-4-3-5-7-11/h3-7,10,12H,8-9H2,1-2H3,(H,19,23)(H,21,22). The van der Waals surface area contributed by atoms with Gasteiger partial charge in [-0.2, -0.15) is 13.2 Å². The van der Waals surface area contributed by atoms with Crippen LogP contribution in [0.2, 0.25) is 0 Å². The predicted molar refractivity (Wildman–Crippen MR) is 78.1 cm³/mol. The first-order valence-electron chi connectivity index (χ1n) is 6.96. The number of carboxylic acids is 1. The number of rotatable bonds is 6. The smallest absolute Gasteiger partial charge is 0.397 e. The molecule has 0 heterocycles. The number of urea groups is 1. The van der Waals surface area contributed by atoms with Crippen LogP contribution in [0.3, 0.4) is 0 Å². The van der Waals surface area contributed by atoms with Crippen LogP contribution in [-0.4, -0.2) is 48.3 Å². The van der Waals surface area contributed by atoms with Crippen molar-refractivity contribution in [3.63, 3.8) is 0 Å². The van der Waals surface area contributed by atoms with E-state index in [0.29, 0.717) is 0 Å². The van der Waals surface area contributed by atoms with Crippen LogP contribution in [0.5, 0.6) is 0 Å². The lowest BCUT2D eigenvalue weighted by Crippen LogP contribution is -2.43. The fraction of sp³-hybridized carbons (Fsp3) is 0.467. The molecule has 1 rings (SSSR count). The number of aliphatic carboxylic acids is 1. The Hall–Kier alpha value is -2.25. The Kier molecular flexibility index (Phi) is 6.41. The minimum Gasteiger partial charge on any atom is -0.481 e. The Morgan fingerprint density at radius 3 is 2.30 bits per heavy atom. The molecule has 5 nitrogen and oxygen atoms in total. The zero-order valence-corrected chi connectivity index (χ0v) is 12.8. The number of alkyl halides is 3. The molecule has 128 valence electrons. The lowest BCUT2D eigenvalue weighted by atomic mass is 9.98. The van der Waals surface area contributed by atoms with Gasteiger partial charge in [-0.3, -0.25) is 4.79 Å². The summed E-state index contributed by atoms with van der Waals surface area (Å²) in [4.78, 5) is 23.6. The van der Waals surface area contributed by atoms with Gasteiger partial charge in [0.05, 0.1) is 11.8 Å². The molecule has 0 saturated heterocycles. The highest BCUT2D eigenvalue weighted by Gasteiger charge is 2.40. The second kappa shape index (κ2) is 7.85. The van der Waals surface area contributed by atoms with E-state index in [0.717, 1.165) is 4.90 Å². The van der Waals surface area contributed by atoms with E-state index in [2.05, 4.69) is 5.32 Å². The van der Waals surface area contributed by atoms with Gasteiger partial charge in [-0.05, 0) is 5.56 Å². The molecular formula is C15H19F3N2O3. The quantitative estimate of drug-likeness (QED) is 0.841. The second-order valence-electron chi connectivity index (χ2n) is 5.31. The molecular weight excluding hydrogens is 313 g/mol. The number of carboxylic acid groups (broad SMARTS) is 1. The Bertz CT molecular complexity index is 535. The first-order chi connectivity index (χ1) is 10.6. The number of hydrogen-bond acceptors (Lipinski definition) is 2. The molecule has 2 amide bonds. The van der Waals surface area contributed by atoms with Crippen LogP contribution in [0.4, 0.5) is 18.0 Å². The molecule has 0 aliphatic heterocycles. The molecule has 23 heavy (non-hydrogen) atoms. The monoisotopic (exact) mass is 332 g/mol. The molecule has 0 saturated carbocycles. The van der Waals surface area contributed by atoms with Crippen molar-refractivity contribution in [2.45, 2.75) is 19.0 Å². The molecule has 0 fully saturated rings. The molecule has 1 aromatic carbocycles. The third-order valence-corrected chi connectivity index (χ3v) is 3.37. The van der Waals surface area contributed by atoms with Gasteiger partial charge in [-0.15, -0.1) is 0 Å². The highest BCUT2D eigenvalue weighted by molar-refractivity contribution is 5.75. The summed E-state index contributed by atoms with van der Waals surface area (Å²) in [5.74, 6) is -3.71. The van der Waals surface area contributed by atoms with E-state index in [1.165, 1.54) is 38.2 Å². The molecule has 0 bridgehead atoms. The van der Waals surface area contributed by atoms with Crippen LogP contribution >= 0.6 is 0 Å². The third-order valence-electron chi connectivity index (χ3n) is 3.37. The van der Waals surface area contributed by atoms with Gasteiger partial charge in [0.15, 0.2) is 0 Å². The van der Waals surface area contributed by atoms with E-state index in [-0.39, 0.29) is 12.1 Å². The molecule has 1 aromatic rings. The van der Waals surface area contributed by atoms with Crippen molar-refractivity contribution in [1.29, 1.82) is 0 Å². The van der Waals surface area contributed by atoms with Crippen LogP contribution in [0, 0.1) is 5.92 Å². The number of nitrogens with one attached hydrogen (secondary N) is 1. The van der Waals surface area contributed by atoms with Crippen molar-refractivity contribution in [2.75, 3.05) is 20.1 Å². The fourth-order valence-electron chi connectivity index (χ4n) is 2.00. The lowest BCUT2D eigenvalue weighted by Gasteiger charge is -2.24. The minimum atomic E-state index is -4.50. The van der Waals surface area contributed by atoms with Crippen molar-refractivity contribution in [3.05, 3.63) is 35.9 Å². The Morgan fingerprint density at radius 1 is 1.26 bits per heavy atom. The van der Waals surface area contributed by atoms with Gasteiger partial charge in [0, 0.05) is 20.1 Å². The maximum absolute atomic E-state index is 13.1. The summed E-state index contributed by atoms with van der Waals surface area (Å²) in [6, 6.07) is 6.55. The zero-order valence-electron chi connectivity index (χ0n) is 12.8. The number of carbonyl (C=O) groups excluding carboxylic acids is 1. The summed E-state index contributed by atoms with van der Waals surface area (Å²) >= 11 is 0. The predicted octanol–water partition coefficient (Wildman–Crippen LogP) is 2.69. The van der Waals surface area contributed by atoms with E-state index in [1.54, 1.807) is 6.07 Å². The first-order valence-corrected chi connectivity index (χ1v) is 6.96. The summed E-state index contributed by atoms with van der Waals surface area (Å²) in [5.41, 5.74) is 0.0573. The molecule has 2 unspecified atom stereocenters. The average Bonchev–Trinajstić information content (AvgIpc) is 2.46. The first kappa shape index (κ1) is 18.8. The van der Waals surface area contributed by atoms with Crippen molar-refractivity contribution in [2.24, 2.45) is 5.92 Å². The van der Waals surface area contributed by atoms with Crippen molar-refractivity contribution < 1.29 is 27.9 Å². The molecule has 2 atom stereocenters. The highest BCUT2D eigenvalue weighted by Crippen LogP contribution is 2.34. The summed E-state index contributed by atoms with van der Waals surface area (Å²) in [6.07, 6.45) is -4.50. The molecule has 0 aliphatic rings. The van der Waals surface area contributed by atoms with Crippen molar-refractivity contribution >= 4 is 12.0 Å². The van der Waals surface area contributed by atoms with E-state index in [9.17, 15) is 22.8 Å². The minimum absolute atomic E-state index is 0.0573.